The molecule has 0 spiro atoms. The van der Waals surface area contributed by atoms with Gasteiger partial charge in [-0.25, -0.2) is 14.3 Å². The lowest BCUT2D eigenvalue weighted by Crippen LogP contribution is -2.50. The summed E-state index contributed by atoms with van der Waals surface area (Å²) in [5, 5.41) is 13.0. The number of carbonyl (C=O) groups is 2. The van der Waals surface area contributed by atoms with E-state index in [-0.39, 0.29) is 18.1 Å². The van der Waals surface area contributed by atoms with Crippen molar-refractivity contribution >= 4 is 17.7 Å². The van der Waals surface area contributed by atoms with Gasteiger partial charge in [-0.3, -0.25) is 0 Å². The van der Waals surface area contributed by atoms with Gasteiger partial charge in [-0.05, 0) is 48.7 Å². The molecular weight excluding hydrogens is 392 g/mol. The van der Waals surface area contributed by atoms with Crippen LogP contribution in [-0.4, -0.2) is 45.9 Å². The van der Waals surface area contributed by atoms with Crippen LogP contribution in [0.3, 0.4) is 0 Å². The standard InChI is InChI=1S/C23H26N6O2/c30-22(26-19-7-2-1-3-8-19)27-20-10-14-28(15-11-20)23(31)24-17-18-6-4-9-21(16-18)29-13-5-12-25-29/h1-9,12-13,16,20H,10-11,14-15,17H2,(H,24,31)(H2,26,27,30). The topological polar surface area (TPSA) is 91.3 Å². The summed E-state index contributed by atoms with van der Waals surface area (Å²) in [5.74, 6) is 0. The predicted octanol–water partition coefficient (Wildman–Crippen LogP) is 3.37. The zero-order valence-corrected chi connectivity index (χ0v) is 17.2. The molecule has 2 heterocycles. The third kappa shape index (κ3) is 5.63. The van der Waals surface area contributed by atoms with Crippen LogP contribution in [0.15, 0.2) is 73.1 Å². The van der Waals surface area contributed by atoms with Crippen molar-refractivity contribution in [2.24, 2.45) is 0 Å². The number of rotatable bonds is 5. The molecule has 0 unspecified atom stereocenters. The van der Waals surface area contributed by atoms with Gasteiger partial charge >= 0.3 is 12.1 Å². The summed E-state index contributed by atoms with van der Waals surface area (Å²) in [7, 11) is 0. The van der Waals surface area contributed by atoms with Gasteiger partial charge in [0, 0.05) is 43.8 Å². The molecule has 31 heavy (non-hydrogen) atoms. The molecule has 1 fully saturated rings. The average Bonchev–Trinajstić information content (AvgIpc) is 3.34. The highest BCUT2D eigenvalue weighted by Crippen LogP contribution is 2.13. The first kappa shape index (κ1) is 20.5. The second-order valence-corrected chi connectivity index (χ2v) is 7.51. The molecule has 160 valence electrons. The second-order valence-electron chi connectivity index (χ2n) is 7.51. The van der Waals surface area contributed by atoms with Crippen LogP contribution in [0, 0.1) is 0 Å². The number of urea groups is 2. The summed E-state index contributed by atoms with van der Waals surface area (Å²) in [5.41, 5.74) is 2.72. The Bertz CT molecular complexity index is 998. The van der Waals surface area contributed by atoms with E-state index in [1.807, 2.05) is 66.9 Å². The number of benzene rings is 2. The van der Waals surface area contributed by atoms with E-state index in [0.717, 1.165) is 29.8 Å². The van der Waals surface area contributed by atoms with Crippen molar-refractivity contribution in [2.45, 2.75) is 25.4 Å². The Morgan fingerprint density at radius 1 is 1.00 bits per heavy atom. The second kappa shape index (κ2) is 9.80. The molecule has 2 aromatic carbocycles. The fourth-order valence-corrected chi connectivity index (χ4v) is 3.62. The maximum Gasteiger partial charge on any atom is 0.319 e. The van der Waals surface area contributed by atoms with Crippen LogP contribution in [0.4, 0.5) is 15.3 Å². The number of nitrogens with one attached hydrogen (secondary N) is 3. The molecule has 8 nitrogen and oxygen atoms in total. The maximum atomic E-state index is 12.6. The van der Waals surface area contributed by atoms with Crippen LogP contribution in [-0.2, 0) is 6.54 Å². The minimum absolute atomic E-state index is 0.0542. The van der Waals surface area contributed by atoms with Gasteiger partial charge < -0.3 is 20.9 Å². The summed E-state index contributed by atoms with van der Waals surface area (Å²) in [6, 6.07) is 18.9. The van der Waals surface area contributed by atoms with E-state index < -0.39 is 0 Å². The predicted molar refractivity (Wildman–Crippen MR) is 119 cm³/mol. The van der Waals surface area contributed by atoms with E-state index in [2.05, 4.69) is 21.0 Å². The summed E-state index contributed by atoms with van der Waals surface area (Å²) >= 11 is 0. The zero-order chi connectivity index (χ0) is 21.5. The first-order valence-electron chi connectivity index (χ1n) is 10.4. The number of anilines is 1. The lowest BCUT2D eigenvalue weighted by Gasteiger charge is -2.32. The summed E-state index contributed by atoms with van der Waals surface area (Å²) in [6.45, 7) is 1.66. The first-order valence-corrected chi connectivity index (χ1v) is 10.4. The lowest BCUT2D eigenvalue weighted by atomic mass is 10.1. The van der Waals surface area contributed by atoms with Gasteiger partial charge in [0.2, 0.25) is 0 Å². The van der Waals surface area contributed by atoms with Gasteiger partial charge in [-0.15, -0.1) is 0 Å². The number of likely N-dealkylation sites (tertiary alicyclic amines) is 1. The zero-order valence-electron chi connectivity index (χ0n) is 17.2. The van der Waals surface area contributed by atoms with Gasteiger partial charge in [-0.2, -0.15) is 5.10 Å². The summed E-state index contributed by atoms with van der Waals surface area (Å²) in [6.07, 6.45) is 5.07. The Morgan fingerprint density at radius 2 is 1.81 bits per heavy atom. The first-order chi connectivity index (χ1) is 15.2. The van der Waals surface area contributed by atoms with E-state index >= 15 is 0 Å². The summed E-state index contributed by atoms with van der Waals surface area (Å²) < 4.78 is 1.79. The molecule has 8 heteroatoms. The van der Waals surface area contributed by atoms with Crippen molar-refractivity contribution in [2.75, 3.05) is 18.4 Å². The van der Waals surface area contributed by atoms with Gasteiger partial charge in [0.25, 0.3) is 0 Å². The fourth-order valence-electron chi connectivity index (χ4n) is 3.62. The molecule has 4 rings (SSSR count). The minimum atomic E-state index is -0.217. The molecule has 4 amide bonds. The van der Waals surface area contributed by atoms with Crippen molar-refractivity contribution in [1.82, 2.24) is 25.3 Å². The number of nitrogens with zero attached hydrogens (tertiary/aromatic N) is 3. The number of hydrogen-bond donors (Lipinski definition) is 3. The van der Waals surface area contributed by atoms with Crippen LogP contribution in [0.2, 0.25) is 0 Å². The highest BCUT2D eigenvalue weighted by Gasteiger charge is 2.23. The molecule has 3 aromatic rings. The van der Waals surface area contributed by atoms with Gasteiger partial charge in [0.1, 0.15) is 0 Å². The van der Waals surface area contributed by atoms with Gasteiger partial charge in [0.05, 0.1) is 5.69 Å². The SMILES string of the molecule is O=C(Nc1ccccc1)NC1CCN(C(=O)NCc2cccc(-n3cccn3)c2)CC1. The van der Waals surface area contributed by atoms with Crippen molar-refractivity contribution in [3.8, 4) is 5.69 Å². The van der Waals surface area contributed by atoms with Crippen LogP contribution in [0.1, 0.15) is 18.4 Å². The number of piperidine rings is 1. The van der Waals surface area contributed by atoms with Crippen molar-refractivity contribution in [1.29, 1.82) is 0 Å². The molecule has 1 aliphatic rings. The minimum Gasteiger partial charge on any atom is -0.335 e. The smallest absolute Gasteiger partial charge is 0.319 e. The molecule has 0 bridgehead atoms. The Balaban J connectivity index is 1.21. The van der Waals surface area contributed by atoms with Crippen LogP contribution < -0.4 is 16.0 Å². The van der Waals surface area contributed by atoms with E-state index in [4.69, 9.17) is 0 Å². The van der Waals surface area contributed by atoms with E-state index in [0.29, 0.717) is 19.6 Å². The molecular formula is C23H26N6O2. The molecule has 1 aliphatic heterocycles. The Hall–Kier alpha value is -3.81. The molecule has 0 saturated carbocycles. The Labute approximate surface area is 181 Å². The number of hydrogen-bond acceptors (Lipinski definition) is 3. The van der Waals surface area contributed by atoms with Crippen LogP contribution in [0.25, 0.3) is 5.69 Å². The molecule has 3 N–H and O–H groups in total. The molecule has 1 saturated heterocycles. The quantitative estimate of drug-likeness (QED) is 0.593. The largest absolute Gasteiger partial charge is 0.335 e. The van der Waals surface area contributed by atoms with Crippen molar-refractivity contribution in [3.05, 3.63) is 78.6 Å². The lowest BCUT2D eigenvalue weighted by molar-refractivity contribution is 0.176. The molecule has 0 radical (unpaired) electrons. The molecule has 0 atom stereocenters. The molecule has 1 aromatic heterocycles. The van der Waals surface area contributed by atoms with Crippen molar-refractivity contribution in [3.63, 3.8) is 0 Å². The number of aromatic nitrogens is 2. The van der Waals surface area contributed by atoms with E-state index in [9.17, 15) is 9.59 Å². The maximum absolute atomic E-state index is 12.6. The number of carbonyl (C=O) groups excluding carboxylic acids is 2. The van der Waals surface area contributed by atoms with Crippen LogP contribution >= 0.6 is 0 Å². The normalized spacial score (nSPS) is 14.1. The highest BCUT2D eigenvalue weighted by molar-refractivity contribution is 5.89. The van der Waals surface area contributed by atoms with E-state index in [1.54, 1.807) is 15.8 Å². The number of amides is 4. The Kier molecular flexibility index (Phi) is 6.47. The van der Waals surface area contributed by atoms with Gasteiger partial charge in [-0.1, -0.05) is 30.3 Å². The average molecular weight is 419 g/mol. The Morgan fingerprint density at radius 3 is 2.55 bits per heavy atom. The third-order valence-electron chi connectivity index (χ3n) is 5.27. The number of para-hydroxylation sites is 1. The molecule has 0 aliphatic carbocycles. The summed E-state index contributed by atoms with van der Waals surface area (Å²) in [4.78, 5) is 26.5. The monoisotopic (exact) mass is 418 g/mol. The van der Waals surface area contributed by atoms with Crippen LogP contribution in [0.5, 0.6) is 0 Å². The highest BCUT2D eigenvalue weighted by atomic mass is 16.2. The van der Waals surface area contributed by atoms with E-state index in [1.165, 1.54) is 0 Å². The fraction of sp³-hybridized carbons (Fsp3) is 0.261. The van der Waals surface area contributed by atoms with Crippen molar-refractivity contribution < 1.29 is 9.59 Å². The van der Waals surface area contributed by atoms with Gasteiger partial charge in [0.15, 0.2) is 0 Å². The third-order valence-corrected chi connectivity index (χ3v) is 5.27.